The molecule has 2 saturated heterocycles. The summed E-state index contributed by atoms with van der Waals surface area (Å²) in [6.45, 7) is 6.02. The number of fused-ring (bicyclic) bond motifs is 2. The van der Waals surface area contributed by atoms with Crippen LogP contribution < -0.4 is 26.4 Å². The van der Waals surface area contributed by atoms with E-state index < -0.39 is 29.7 Å². The van der Waals surface area contributed by atoms with E-state index in [-0.39, 0.29) is 42.8 Å². The SMILES string of the molecule is CCc1cc2ncc(CN3CCN(c4ccc(C(=O)NC5CC(Nc6cccc7c6CC(=O)N([C@@H]6CCC(=O)NC6=O)C7=O)C5)nc4)CC3)cc2[nH]c1=O. The lowest BCUT2D eigenvalue weighted by Crippen LogP contribution is -2.58. The van der Waals surface area contributed by atoms with Crippen LogP contribution in [0.5, 0.6) is 0 Å². The second-order valence-corrected chi connectivity index (χ2v) is 14.4. The highest BCUT2D eigenvalue weighted by molar-refractivity contribution is 6.14. The minimum absolute atomic E-state index is 0.0321. The van der Waals surface area contributed by atoms with Crippen LogP contribution in [0.15, 0.2) is 59.7 Å². The van der Waals surface area contributed by atoms with Gasteiger partial charge in [0.1, 0.15) is 11.7 Å². The van der Waals surface area contributed by atoms with Crippen LogP contribution in [0.1, 0.15) is 70.1 Å². The van der Waals surface area contributed by atoms with Gasteiger partial charge in [0.05, 0.1) is 29.3 Å². The first kappa shape index (κ1) is 35.1. The zero-order valence-electron chi connectivity index (χ0n) is 29.9. The van der Waals surface area contributed by atoms with Gasteiger partial charge >= 0.3 is 0 Å². The number of aryl methyl sites for hydroxylation is 1. The van der Waals surface area contributed by atoms with E-state index in [1.165, 1.54) is 0 Å². The molecule has 1 aromatic carbocycles. The van der Waals surface area contributed by atoms with Crippen molar-refractivity contribution < 1.29 is 24.0 Å². The summed E-state index contributed by atoms with van der Waals surface area (Å²) in [7, 11) is 0. The van der Waals surface area contributed by atoms with Gasteiger partial charge in [0.15, 0.2) is 0 Å². The number of amides is 5. The number of aromatic amines is 1. The first-order valence-electron chi connectivity index (χ1n) is 18.5. The van der Waals surface area contributed by atoms with Crippen molar-refractivity contribution >= 4 is 51.9 Å². The fourth-order valence-electron chi connectivity index (χ4n) is 7.81. The van der Waals surface area contributed by atoms with Gasteiger partial charge in [-0.25, -0.2) is 4.98 Å². The minimum atomic E-state index is -0.999. The van der Waals surface area contributed by atoms with Crippen LogP contribution in [0, 0.1) is 0 Å². The maximum absolute atomic E-state index is 13.4. The standard InChI is InChI=1S/C39H41N9O6/c1-2-23-15-31-32(44-36(23)51)14-22(19-40-31)21-46-10-12-47(13-11-46)26-6-7-30(41-20-26)37(52)43-25-16-24(17-25)42-29-5-3-4-27-28(29)18-35(50)48(39(27)54)33-8-9-34(49)45-38(33)53/h3-7,14-15,19-20,24-25,33,42H,2,8-13,16-18,21H2,1H3,(H,43,52)(H,44,51)(H,45,49,53)/t24?,25?,33-/m1/s1. The van der Waals surface area contributed by atoms with E-state index in [0.29, 0.717) is 41.8 Å². The number of carbonyl (C=O) groups excluding carboxylic acids is 5. The average molecular weight is 732 g/mol. The molecule has 0 spiro atoms. The van der Waals surface area contributed by atoms with E-state index >= 15 is 0 Å². The van der Waals surface area contributed by atoms with Gasteiger partial charge in [0, 0.05) is 74.2 Å². The number of rotatable bonds is 9. The largest absolute Gasteiger partial charge is 0.382 e. The molecular formula is C39H41N9O6. The molecule has 4 N–H and O–H groups in total. The van der Waals surface area contributed by atoms with E-state index in [1.54, 1.807) is 24.4 Å². The number of hydrogen-bond acceptors (Lipinski definition) is 11. The van der Waals surface area contributed by atoms with Gasteiger partial charge in [-0.05, 0) is 73.2 Å². The molecule has 15 nitrogen and oxygen atoms in total. The van der Waals surface area contributed by atoms with Crippen LogP contribution in [-0.2, 0) is 33.8 Å². The van der Waals surface area contributed by atoms with E-state index in [9.17, 15) is 28.8 Å². The summed E-state index contributed by atoms with van der Waals surface area (Å²) < 4.78 is 0. The van der Waals surface area contributed by atoms with Crippen molar-refractivity contribution in [2.24, 2.45) is 0 Å². The van der Waals surface area contributed by atoms with Gasteiger partial charge < -0.3 is 20.5 Å². The van der Waals surface area contributed by atoms with E-state index in [0.717, 1.165) is 65.5 Å². The number of pyridine rings is 3. The summed E-state index contributed by atoms with van der Waals surface area (Å²) in [6.07, 6.45) is 5.75. The number of piperazine rings is 1. The number of nitrogens with one attached hydrogen (secondary N) is 4. The molecule has 0 radical (unpaired) electrons. The third-order valence-electron chi connectivity index (χ3n) is 10.9. The minimum Gasteiger partial charge on any atom is -0.382 e. The molecule has 1 saturated carbocycles. The third kappa shape index (κ3) is 6.94. The van der Waals surface area contributed by atoms with Crippen molar-refractivity contribution in [3.63, 3.8) is 0 Å². The lowest BCUT2D eigenvalue weighted by molar-refractivity contribution is -0.143. The van der Waals surface area contributed by atoms with Gasteiger partial charge in [-0.1, -0.05) is 13.0 Å². The molecule has 8 rings (SSSR count). The Labute approximate surface area is 310 Å². The highest BCUT2D eigenvalue weighted by atomic mass is 16.2. The first-order chi connectivity index (χ1) is 26.1. The Morgan fingerprint density at radius 3 is 2.50 bits per heavy atom. The Morgan fingerprint density at radius 2 is 1.76 bits per heavy atom. The summed E-state index contributed by atoms with van der Waals surface area (Å²) in [6, 6.07) is 11.7. The third-order valence-corrected chi connectivity index (χ3v) is 10.9. The molecule has 3 fully saturated rings. The summed E-state index contributed by atoms with van der Waals surface area (Å²) >= 11 is 0. The molecule has 3 aliphatic heterocycles. The number of piperidine rings is 1. The van der Waals surface area contributed by atoms with Crippen molar-refractivity contribution in [2.75, 3.05) is 36.4 Å². The predicted octanol–water partition coefficient (Wildman–Crippen LogP) is 1.91. The quantitative estimate of drug-likeness (QED) is 0.184. The maximum atomic E-state index is 13.4. The van der Waals surface area contributed by atoms with Crippen molar-refractivity contribution in [1.82, 2.24) is 35.4 Å². The molecule has 3 aromatic heterocycles. The molecule has 1 atom stereocenters. The summed E-state index contributed by atoms with van der Waals surface area (Å²) in [5.74, 6) is -2.30. The average Bonchev–Trinajstić information content (AvgIpc) is 3.15. The number of aromatic nitrogens is 3. The number of hydrogen-bond donors (Lipinski definition) is 4. The second-order valence-electron chi connectivity index (χ2n) is 14.4. The molecule has 5 amide bonds. The smallest absolute Gasteiger partial charge is 0.270 e. The fraction of sp³-hybridized carbons (Fsp3) is 0.385. The van der Waals surface area contributed by atoms with Crippen molar-refractivity contribution in [1.29, 1.82) is 0 Å². The zero-order valence-corrected chi connectivity index (χ0v) is 29.9. The number of anilines is 2. The monoisotopic (exact) mass is 731 g/mol. The predicted molar refractivity (Wildman–Crippen MR) is 199 cm³/mol. The molecule has 54 heavy (non-hydrogen) atoms. The number of nitrogens with zero attached hydrogens (tertiary/aromatic N) is 5. The summed E-state index contributed by atoms with van der Waals surface area (Å²) in [5.41, 5.74) is 6.19. The van der Waals surface area contributed by atoms with Gasteiger partial charge in [-0.15, -0.1) is 0 Å². The first-order valence-corrected chi connectivity index (χ1v) is 18.5. The second kappa shape index (κ2) is 14.5. The summed E-state index contributed by atoms with van der Waals surface area (Å²) in [5, 5.41) is 8.71. The lowest BCUT2D eigenvalue weighted by atomic mass is 9.85. The number of carbonyl (C=O) groups is 5. The van der Waals surface area contributed by atoms with Gasteiger partial charge in [-0.3, -0.25) is 48.9 Å². The van der Waals surface area contributed by atoms with E-state index in [1.807, 2.05) is 37.4 Å². The number of H-pyrrole nitrogens is 1. The molecule has 1 aliphatic carbocycles. The van der Waals surface area contributed by atoms with Crippen LogP contribution >= 0.6 is 0 Å². The topological polar surface area (TPSA) is 190 Å². The van der Waals surface area contributed by atoms with Gasteiger partial charge in [0.2, 0.25) is 17.7 Å². The normalized spacial score (nSPS) is 21.8. The molecular weight excluding hydrogens is 690 g/mol. The molecule has 0 unspecified atom stereocenters. The van der Waals surface area contributed by atoms with Gasteiger partial charge in [-0.2, -0.15) is 0 Å². The van der Waals surface area contributed by atoms with Crippen molar-refractivity contribution in [3.8, 4) is 0 Å². The molecule has 6 heterocycles. The van der Waals surface area contributed by atoms with Gasteiger partial charge in [0.25, 0.3) is 17.4 Å². The van der Waals surface area contributed by atoms with Crippen LogP contribution in [0.3, 0.4) is 0 Å². The number of imide groups is 2. The van der Waals surface area contributed by atoms with Crippen LogP contribution in [-0.4, -0.2) is 98.6 Å². The Balaban J connectivity index is 0.804. The zero-order chi connectivity index (χ0) is 37.5. The Morgan fingerprint density at radius 1 is 0.944 bits per heavy atom. The van der Waals surface area contributed by atoms with E-state index in [2.05, 4.69) is 40.7 Å². The highest BCUT2D eigenvalue weighted by Gasteiger charge is 2.42. The highest BCUT2D eigenvalue weighted by Crippen LogP contribution is 2.32. The van der Waals surface area contributed by atoms with Crippen LogP contribution in [0.25, 0.3) is 11.0 Å². The van der Waals surface area contributed by atoms with Crippen molar-refractivity contribution in [3.05, 3.63) is 93.2 Å². The summed E-state index contributed by atoms with van der Waals surface area (Å²) in [4.78, 5) is 93.4. The molecule has 278 valence electrons. The van der Waals surface area contributed by atoms with Crippen molar-refractivity contribution in [2.45, 2.75) is 70.1 Å². The molecule has 15 heteroatoms. The number of benzene rings is 1. The molecule has 0 bridgehead atoms. The van der Waals surface area contributed by atoms with Crippen LogP contribution in [0.2, 0.25) is 0 Å². The Kier molecular flexibility index (Phi) is 9.40. The van der Waals surface area contributed by atoms with Crippen LogP contribution in [0.4, 0.5) is 11.4 Å². The molecule has 4 aliphatic rings. The Bertz CT molecular complexity index is 2220. The molecule has 4 aromatic rings. The lowest BCUT2D eigenvalue weighted by Gasteiger charge is -2.38. The maximum Gasteiger partial charge on any atom is 0.270 e. The van der Waals surface area contributed by atoms with E-state index in [4.69, 9.17) is 0 Å². The Hall–Kier alpha value is -5.96. The fourth-order valence-corrected chi connectivity index (χ4v) is 7.81.